The standard InChI is InChI=1S/C22H25BrN4O4/c1-3-30-21(28)13-24-8-5-9-31-20-11-17-18(12-19(20)29-2)25-14-26-22(17)27-16-7-4-6-15(23)10-16/h4,6-7,10-12,14,24H,3,5,8-9,13H2,1-2H3,(H,25,26,27). The van der Waals surface area contributed by atoms with Crippen molar-refractivity contribution in [2.45, 2.75) is 13.3 Å². The Hall–Kier alpha value is -2.91. The van der Waals surface area contributed by atoms with Crippen molar-refractivity contribution in [3.8, 4) is 11.5 Å². The summed E-state index contributed by atoms with van der Waals surface area (Å²) in [6.07, 6.45) is 2.23. The Bertz CT molecular complexity index is 1030. The summed E-state index contributed by atoms with van der Waals surface area (Å²) in [5.74, 6) is 1.61. The molecule has 1 heterocycles. The zero-order chi connectivity index (χ0) is 22.1. The fourth-order valence-corrected chi connectivity index (χ4v) is 3.32. The van der Waals surface area contributed by atoms with Gasteiger partial charge in [0.2, 0.25) is 0 Å². The molecule has 1 aromatic heterocycles. The number of aromatic nitrogens is 2. The molecule has 0 saturated carbocycles. The largest absolute Gasteiger partial charge is 0.493 e. The van der Waals surface area contributed by atoms with E-state index in [2.05, 4.69) is 36.5 Å². The number of fused-ring (bicyclic) bond motifs is 1. The van der Waals surface area contributed by atoms with Crippen LogP contribution in [0.4, 0.5) is 11.5 Å². The Morgan fingerprint density at radius 2 is 2.03 bits per heavy atom. The topological polar surface area (TPSA) is 94.6 Å². The van der Waals surface area contributed by atoms with Crippen LogP contribution in [0.2, 0.25) is 0 Å². The molecule has 164 valence electrons. The Morgan fingerprint density at radius 1 is 1.16 bits per heavy atom. The normalized spacial score (nSPS) is 10.7. The van der Waals surface area contributed by atoms with Crippen LogP contribution in [-0.2, 0) is 9.53 Å². The molecule has 9 heteroatoms. The van der Waals surface area contributed by atoms with Crippen LogP contribution in [0.3, 0.4) is 0 Å². The zero-order valence-corrected chi connectivity index (χ0v) is 19.1. The van der Waals surface area contributed by atoms with Crippen molar-refractivity contribution in [1.82, 2.24) is 15.3 Å². The summed E-state index contributed by atoms with van der Waals surface area (Å²) in [4.78, 5) is 20.1. The van der Waals surface area contributed by atoms with Gasteiger partial charge in [0.05, 0.1) is 32.4 Å². The van der Waals surface area contributed by atoms with Crippen LogP contribution in [0.1, 0.15) is 13.3 Å². The number of carbonyl (C=O) groups is 1. The van der Waals surface area contributed by atoms with E-state index in [0.717, 1.165) is 27.5 Å². The van der Waals surface area contributed by atoms with Crippen molar-refractivity contribution in [2.75, 3.05) is 38.7 Å². The van der Waals surface area contributed by atoms with Gasteiger partial charge in [0.25, 0.3) is 0 Å². The number of hydrogen-bond acceptors (Lipinski definition) is 8. The molecule has 0 bridgehead atoms. The number of benzene rings is 2. The van der Waals surface area contributed by atoms with Gasteiger partial charge in [-0.3, -0.25) is 4.79 Å². The molecule has 3 aromatic rings. The lowest BCUT2D eigenvalue weighted by Crippen LogP contribution is -2.26. The van der Waals surface area contributed by atoms with Gasteiger partial charge in [0.1, 0.15) is 12.1 Å². The number of ether oxygens (including phenoxy) is 3. The van der Waals surface area contributed by atoms with Crippen molar-refractivity contribution < 1.29 is 19.0 Å². The summed E-state index contributed by atoms with van der Waals surface area (Å²) < 4.78 is 17.3. The molecule has 0 aliphatic heterocycles. The summed E-state index contributed by atoms with van der Waals surface area (Å²) in [5.41, 5.74) is 1.65. The number of anilines is 2. The van der Waals surface area contributed by atoms with E-state index in [0.29, 0.717) is 37.1 Å². The van der Waals surface area contributed by atoms with E-state index in [1.54, 1.807) is 14.0 Å². The second-order valence-corrected chi connectivity index (χ2v) is 7.48. The highest BCUT2D eigenvalue weighted by Gasteiger charge is 2.12. The van der Waals surface area contributed by atoms with E-state index in [4.69, 9.17) is 14.2 Å². The summed E-state index contributed by atoms with van der Waals surface area (Å²) in [6.45, 7) is 3.45. The number of halogens is 1. The number of rotatable bonds is 11. The van der Waals surface area contributed by atoms with Gasteiger partial charge in [0.15, 0.2) is 11.5 Å². The quantitative estimate of drug-likeness (QED) is 0.308. The molecule has 0 aliphatic carbocycles. The highest BCUT2D eigenvalue weighted by atomic mass is 79.9. The maximum Gasteiger partial charge on any atom is 0.319 e. The van der Waals surface area contributed by atoms with Gasteiger partial charge in [-0.25, -0.2) is 9.97 Å². The van der Waals surface area contributed by atoms with Crippen molar-refractivity contribution in [3.05, 3.63) is 47.2 Å². The molecule has 3 rings (SSSR count). The first-order valence-electron chi connectivity index (χ1n) is 9.95. The number of nitrogens with zero attached hydrogens (tertiary/aromatic N) is 2. The first kappa shape index (κ1) is 22.8. The van der Waals surface area contributed by atoms with Crippen LogP contribution in [-0.4, -0.2) is 49.4 Å². The van der Waals surface area contributed by atoms with Crippen molar-refractivity contribution >= 4 is 44.3 Å². The average Bonchev–Trinajstić information content (AvgIpc) is 2.76. The van der Waals surface area contributed by atoms with Crippen molar-refractivity contribution in [1.29, 1.82) is 0 Å². The number of methoxy groups -OCH3 is 1. The highest BCUT2D eigenvalue weighted by molar-refractivity contribution is 9.10. The van der Waals surface area contributed by atoms with Crippen LogP contribution in [0.15, 0.2) is 47.2 Å². The van der Waals surface area contributed by atoms with Gasteiger partial charge < -0.3 is 24.8 Å². The molecule has 0 saturated heterocycles. The highest BCUT2D eigenvalue weighted by Crippen LogP contribution is 2.35. The Labute approximate surface area is 189 Å². The van der Waals surface area contributed by atoms with E-state index < -0.39 is 0 Å². The summed E-state index contributed by atoms with van der Waals surface area (Å²) >= 11 is 3.48. The lowest BCUT2D eigenvalue weighted by Gasteiger charge is -2.14. The number of nitrogens with one attached hydrogen (secondary N) is 2. The molecule has 0 atom stereocenters. The minimum Gasteiger partial charge on any atom is -0.493 e. The molecule has 31 heavy (non-hydrogen) atoms. The first-order valence-corrected chi connectivity index (χ1v) is 10.7. The molecule has 2 N–H and O–H groups in total. The SMILES string of the molecule is CCOC(=O)CNCCCOc1cc2c(Nc3cccc(Br)c3)ncnc2cc1OC. The predicted molar refractivity (Wildman–Crippen MR) is 123 cm³/mol. The molecule has 0 radical (unpaired) electrons. The van der Waals surface area contributed by atoms with Gasteiger partial charge >= 0.3 is 5.97 Å². The lowest BCUT2D eigenvalue weighted by molar-refractivity contribution is -0.142. The lowest BCUT2D eigenvalue weighted by atomic mass is 10.2. The van der Waals surface area contributed by atoms with E-state index >= 15 is 0 Å². The summed E-state index contributed by atoms with van der Waals surface area (Å²) in [6, 6.07) is 11.5. The molecular weight excluding hydrogens is 464 g/mol. The Balaban J connectivity index is 1.68. The second kappa shape index (κ2) is 11.5. The number of carbonyl (C=O) groups excluding carboxylic acids is 1. The van der Waals surface area contributed by atoms with E-state index in [-0.39, 0.29) is 12.5 Å². The minimum atomic E-state index is -0.259. The molecule has 8 nitrogen and oxygen atoms in total. The van der Waals surface area contributed by atoms with Crippen LogP contribution < -0.4 is 20.1 Å². The van der Waals surface area contributed by atoms with Crippen molar-refractivity contribution in [3.63, 3.8) is 0 Å². The maximum atomic E-state index is 11.3. The summed E-state index contributed by atoms with van der Waals surface area (Å²) in [5, 5.41) is 7.18. The zero-order valence-electron chi connectivity index (χ0n) is 17.5. The Kier molecular flexibility index (Phi) is 8.43. The fraction of sp³-hybridized carbons (Fsp3) is 0.318. The van der Waals surface area contributed by atoms with Crippen LogP contribution in [0, 0.1) is 0 Å². The monoisotopic (exact) mass is 488 g/mol. The third-order valence-electron chi connectivity index (χ3n) is 4.34. The first-order chi connectivity index (χ1) is 15.1. The average molecular weight is 489 g/mol. The van der Waals surface area contributed by atoms with E-state index in [1.807, 2.05) is 36.4 Å². The maximum absolute atomic E-state index is 11.3. The molecule has 2 aromatic carbocycles. The molecule has 0 aliphatic rings. The van der Waals surface area contributed by atoms with Gasteiger partial charge in [-0.05, 0) is 44.2 Å². The predicted octanol–water partition coefficient (Wildman–Crippen LogP) is 4.07. The molecule has 0 spiro atoms. The molecule has 0 unspecified atom stereocenters. The molecule has 0 amide bonds. The second-order valence-electron chi connectivity index (χ2n) is 6.56. The molecule has 0 fully saturated rings. The Morgan fingerprint density at radius 3 is 2.81 bits per heavy atom. The number of esters is 1. The number of hydrogen-bond donors (Lipinski definition) is 2. The van der Waals surface area contributed by atoms with Gasteiger partial charge in [0, 0.05) is 21.6 Å². The van der Waals surface area contributed by atoms with Crippen LogP contribution in [0.25, 0.3) is 10.9 Å². The third-order valence-corrected chi connectivity index (χ3v) is 4.83. The van der Waals surface area contributed by atoms with Crippen molar-refractivity contribution in [2.24, 2.45) is 0 Å². The van der Waals surface area contributed by atoms with Gasteiger partial charge in [-0.1, -0.05) is 22.0 Å². The van der Waals surface area contributed by atoms with Gasteiger partial charge in [-0.2, -0.15) is 0 Å². The smallest absolute Gasteiger partial charge is 0.319 e. The van der Waals surface area contributed by atoms with E-state index in [1.165, 1.54) is 6.33 Å². The fourth-order valence-electron chi connectivity index (χ4n) is 2.92. The van der Waals surface area contributed by atoms with Crippen LogP contribution in [0.5, 0.6) is 11.5 Å². The van der Waals surface area contributed by atoms with Crippen LogP contribution >= 0.6 is 15.9 Å². The third kappa shape index (κ3) is 6.53. The van der Waals surface area contributed by atoms with E-state index in [9.17, 15) is 4.79 Å². The molecular formula is C22H25BrN4O4. The van der Waals surface area contributed by atoms with Gasteiger partial charge in [-0.15, -0.1) is 0 Å². The summed E-state index contributed by atoms with van der Waals surface area (Å²) in [7, 11) is 1.59. The minimum absolute atomic E-state index is 0.190.